The fourth-order valence-electron chi connectivity index (χ4n) is 1.92. The first-order valence-electron chi connectivity index (χ1n) is 6.87. The number of fused-ring (bicyclic) bond motifs is 1. The zero-order valence-electron chi connectivity index (χ0n) is 12.2. The predicted molar refractivity (Wildman–Crippen MR) is 95.3 cm³/mol. The summed E-state index contributed by atoms with van der Waals surface area (Å²) in [5.74, 6) is -0.0609. The summed E-state index contributed by atoms with van der Waals surface area (Å²) >= 11 is 9.21. The van der Waals surface area contributed by atoms with Crippen LogP contribution in [0.25, 0.3) is 11.1 Å². The molecule has 0 spiro atoms. The third-order valence-electron chi connectivity index (χ3n) is 2.91. The molecule has 3 aromatic rings. The Bertz CT molecular complexity index is 910. The Balaban J connectivity index is 1.53. The van der Waals surface area contributed by atoms with Crippen LogP contribution in [0.2, 0.25) is 5.02 Å². The topological polar surface area (TPSA) is 76.7 Å². The molecule has 0 aliphatic rings. The fraction of sp³-hybridized carbons (Fsp3) is 0.0625. The highest BCUT2D eigenvalue weighted by Gasteiger charge is 2.05. The van der Waals surface area contributed by atoms with Gasteiger partial charge in [-0.25, -0.2) is 4.98 Å². The Labute approximate surface area is 150 Å². The minimum Gasteiger partial charge on any atom is -0.435 e. The second kappa shape index (κ2) is 7.46. The largest absolute Gasteiger partial charge is 0.435 e. The standard InChI is InChI=1S/C16H11BrClN3O3/c17-10-2-1-3-12(6-10)20-15(22)9-23-19-8-16-21-13-7-11(18)4-5-14(13)24-16/h1-8H,9H2,(H,20,22). The van der Waals surface area contributed by atoms with Crippen LogP contribution in [0, 0.1) is 0 Å². The van der Waals surface area contributed by atoms with Crippen molar-refractivity contribution in [1.82, 2.24) is 4.98 Å². The number of hydrogen-bond donors (Lipinski definition) is 1. The number of carbonyl (C=O) groups excluding carboxylic acids is 1. The monoisotopic (exact) mass is 407 g/mol. The van der Waals surface area contributed by atoms with Gasteiger partial charge in [-0.05, 0) is 36.4 Å². The van der Waals surface area contributed by atoms with Crippen LogP contribution in [-0.4, -0.2) is 23.7 Å². The van der Waals surface area contributed by atoms with Gasteiger partial charge in [0, 0.05) is 15.2 Å². The van der Waals surface area contributed by atoms with Crippen LogP contribution in [0.5, 0.6) is 0 Å². The number of hydrogen-bond acceptors (Lipinski definition) is 5. The molecule has 0 aliphatic heterocycles. The summed E-state index contributed by atoms with van der Waals surface area (Å²) in [5, 5.41) is 6.93. The molecule has 1 aromatic heterocycles. The van der Waals surface area contributed by atoms with Crippen molar-refractivity contribution in [2.45, 2.75) is 0 Å². The number of aromatic nitrogens is 1. The van der Waals surface area contributed by atoms with Crippen molar-refractivity contribution in [3.8, 4) is 0 Å². The van der Waals surface area contributed by atoms with Crippen molar-refractivity contribution in [1.29, 1.82) is 0 Å². The van der Waals surface area contributed by atoms with E-state index in [-0.39, 0.29) is 18.4 Å². The summed E-state index contributed by atoms with van der Waals surface area (Å²) in [7, 11) is 0. The molecule has 3 rings (SSSR count). The normalized spacial score (nSPS) is 11.1. The molecule has 0 fully saturated rings. The maximum absolute atomic E-state index is 11.7. The third-order valence-corrected chi connectivity index (χ3v) is 3.64. The van der Waals surface area contributed by atoms with Crippen LogP contribution >= 0.6 is 27.5 Å². The third kappa shape index (κ3) is 4.33. The molecule has 0 saturated heterocycles. The zero-order valence-corrected chi connectivity index (χ0v) is 14.5. The van der Waals surface area contributed by atoms with E-state index in [9.17, 15) is 4.79 Å². The van der Waals surface area contributed by atoms with Gasteiger partial charge in [-0.15, -0.1) is 0 Å². The van der Waals surface area contributed by atoms with Gasteiger partial charge in [-0.2, -0.15) is 0 Å². The van der Waals surface area contributed by atoms with Crippen LogP contribution in [0.4, 0.5) is 5.69 Å². The molecular formula is C16H11BrClN3O3. The molecule has 0 radical (unpaired) electrons. The maximum Gasteiger partial charge on any atom is 0.265 e. The minimum absolute atomic E-state index is 0.227. The summed E-state index contributed by atoms with van der Waals surface area (Å²) in [5.41, 5.74) is 1.88. The van der Waals surface area contributed by atoms with Gasteiger partial charge >= 0.3 is 0 Å². The first-order valence-corrected chi connectivity index (χ1v) is 8.04. The van der Waals surface area contributed by atoms with Crippen molar-refractivity contribution >= 4 is 56.4 Å². The number of carbonyl (C=O) groups is 1. The lowest BCUT2D eigenvalue weighted by atomic mass is 10.3. The molecule has 0 atom stereocenters. The second-order valence-corrected chi connectivity index (χ2v) is 6.08. The van der Waals surface area contributed by atoms with E-state index >= 15 is 0 Å². The number of oxazole rings is 1. The van der Waals surface area contributed by atoms with E-state index in [1.54, 1.807) is 30.3 Å². The first-order chi connectivity index (χ1) is 11.6. The quantitative estimate of drug-likeness (QED) is 0.506. The highest BCUT2D eigenvalue weighted by Crippen LogP contribution is 2.19. The lowest BCUT2D eigenvalue weighted by Gasteiger charge is -2.04. The molecule has 1 heterocycles. The molecule has 122 valence electrons. The lowest BCUT2D eigenvalue weighted by Crippen LogP contribution is -2.16. The molecule has 0 aliphatic carbocycles. The van der Waals surface area contributed by atoms with Crippen molar-refractivity contribution in [3.63, 3.8) is 0 Å². The summed E-state index contributed by atoms with van der Waals surface area (Å²) in [6, 6.07) is 12.3. The van der Waals surface area contributed by atoms with Crippen LogP contribution in [0.3, 0.4) is 0 Å². The molecule has 0 saturated carbocycles. The number of benzene rings is 2. The Morgan fingerprint density at radius 1 is 1.38 bits per heavy atom. The molecular weight excluding hydrogens is 398 g/mol. The van der Waals surface area contributed by atoms with Crippen molar-refractivity contribution in [3.05, 3.63) is 57.9 Å². The zero-order chi connectivity index (χ0) is 16.9. The Morgan fingerprint density at radius 2 is 2.25 bits per heavy atom. The average molecular weight is 409 g/mol. The molecule has 0 bridgehead atoms. The number of amides is 1. The summed E-state index contributed by atoms with van der Waals surface area (Å²) in [6.07, 6.45) is 1.29. The molecule has 24 heavy (non-hydrogen) atoms. The van der Waals surface area contributed by atoms with Gasteiger partial charge in [0.15, 0.2) is 12.2 Å². The van der Waals surface area contributed by atoms with E-state index in [2.05, 4.69) is 31.4 Å². The van der Waals surface area contributed by atoms with Crippen molar-refractivity contribution in [2.75, 3.05) is 11.9 Å². The Kier molecular flexibility index (Phi) is 5.12. The van der Waals surface area contributed by atoms with Gasteiger partial charge in [0.25, 0.3) is 5.91 Å². The first kappa shape index (κ1) is 16.5. The average Bonchev–Trinajstić information content (AvgIpc) is 2.93. The number of rotatable bonds is 5. The van der Waals surface area contributed by atoms with Crippen LogP contribution in [0.15, 0.2) is 56.5 Å². The van der Waals surface area contributed by atoms with E-state index in [0.29, 0.717) is 21.8 Å². The smallest absolute Gasteiger partial charge is 0.265 e. The van der Waals surface area contributed by atoms with E-state index in [1.165, 1.54) is 6.21 Å². The van der Waals surface area contributed by atoms with E-state index in [4.69, 9.17) is 20.9 Å². The fourth-order valence-corrected chi connectivity index (χ4v) is 2.48. The summed E-state index contributed by atoms with van der Waals surface area (Å²) in [4.78, 5) is 20.9. The van der Waals surface area contributed by atoms with Gasteiger partial charge in [0.05, 0.1) is 0 Å². The van der Waals surface area contributed by atoms with Crippen LogP contribution in [0.1, 0.15) is 5.89 Å². The number of nitrogens with zero attached hydrogens (tertiary/aromatic N) is 2. The summed E-state index contributed by atoms with van der Waals surface area (Å²) < 4.78 is 6.30. The van der Waals surface area contributed by atoms with Gasteiger partial charge in [-0.1, -0.05) is 38.8 Å². The summed E-state index contributed by atoms with van der Waals surface area (Å²) in [6.45, 7) is -0.227. The van der Waals surface area contributed by atoms with Gasteiger partial charge < -0.3 is 14.6 Å². The number of nitrogens with one attached hydrogen (secondary N) is 1. The molecule has 6 nitrogen and oxygen atoms in total. The number of anilines is 1. The van der Waals surface area contributed by atoms with Gasteiger partial charge in [-0.3, -0.25) is 4.79 Å². The molecule has 1 amide bonds. The molecule has 0 unspecified atom stereocenters. The number of oxime groups is 1. The lowest BCUT2D eigenvalue weighted by molar-refractivity contribution is -0.120. The molecule has 8 heteroatoms. The van der Waals surface area contributed by atoms with Crippen LogP contribution in [-0.2, 0) is 9.63 Å². The minimum atomic E-state index is -0.324. The van der Waals surface area contributed by atoms with Gasteiger partial charge in [0.2, 0.25) is 5.89 Å². The highest BCUT2D eigenvalue weighted by molar-refractivity contribution is 9.10. The van der Waals surface area contributed by atoms with E-state index in [1.807, 2.05) is 12.1 Å². The molecule has 2 aromatic carbocycles. The number of halogens is 2. The SMILES string of the molecule is O=C(CON=Cc1nc2cc(Cl)ccc2o1)Nc1cccc(Br)c1. The highest BCUT2D eigenvalue weighted by atomic mass is 79.9. The van der Waals surface area contributed by atoms with Gasteiger partial charge in [0.1, 0.15) is 11.7 Å². The predicted octanol–water partition coefficient (Wildman–Crippen LogP) is 4.23. The van der Waals surface area contributed by atoms with Crippen molar-refractivity contribution < 1.29 is 14.0 Å². The van der Waals surface area contributed by atoms with E-state index in [0.717, 1.165) is 4.47 Å². The molecule has 1 N–H and O–H groups in total. The Morgan fingerprint density at radius 3 is 3.08 bits per heavy atom. The maximum atomic E-state index is 11.7. The van der Waals surface area contributed by atoms with Crippen LogP contribution < -0.4 is 5.32 Å². The Hall–Kier alpha value is -2.38. The van der Waals surface area contributed by atoms with E-state index < -0.39 is 0 Å². The second-order valence-electron chi connectivity index (χ2n) is 4.73. The van der Waals surface area contributed by atoms with Crippen molar-refractivity contribution in [2.24, 2.45) is 5.16 Å².